The lowest BCUT2D eigenvalue weighted by atomic mass is 9.99. The Bertz CT molecular complexity index is 484. The van der Waals surface area contributed by atoms with E-state index in [2.05, 4.69) is 28.4 Å². The molecule has 3 N–H and O–H groups in total. The number of rotatable bonds is 5. The lowest BCUT2D eigenvalue weighted by Crippen LogP contribution is -2.31. The van der Waals surface area contributed by atoms with Gasteiger partial charge in [0.2, 0.25) is 0 Å². The van der Waals surface area contributed by atoms with E-state index >= 15 is 0 Å². The highest BCUT2D eigenvalue weighted by atomic mass is 15.2. The Kier molecular flexibility index (Phi) is 4.39. The summed E-state index contributed by atoms with van der Waals surface area (Å²) in [6.45, 7) is 2.13. The molecule has 0 saturated heterocycles. The van der Waals surface area contributed by atoms with Crippen molar-refractivity contribution in [2.24, 2.45) is 5.84 Å². The van der Waals surface area contributed by atoms with E-state index in [1.165, 1.54) is 11.1 Å². The number of nitrogens with two attached hydrogens (primary N) is 1. The van der Waals surface area contributed by atoms with E-state index in [1.807, 2.05) is 24.4 Å². The Morgan fingerprint density at radius 1 is 1.22 bits per heavy atom. The van der Waals surface area contributed by atoms with Gasteiger partial charge in [-0.15, -0.1) is 0 Å². The normalized spacial score (nSPS) is 12.3. The Balaban J connectivity index is 2.23. The highest BCUT2D eigenvalue weighted by Gasteiger charge is 2.14. The minimum atomic E-state index is 0.0311. The first-order valence-electron chi connectivity index (χ1n) is 6.14. The average molecular weight is 242 g/mol. The molecule has 0 aliphatic carbocycles. The second kappa shape index (κ2) is 6.23. The van der Waals surface area contributed by atoms with Gasteiger partial charge in [0.25, 0.3) is 0 Å². The van der Waals surface area contributed by atoms with Crippen molar-refractivity contribution in [1.29, 1.82) is 0 Å². The van der Waals surface area contributed by atoms with Crippen LogP contribution in [0.2, 0.25) is 0 Å². The number of pyridine rings is 2. The van der Waals surface area contributed by atoms with Crippen molar-refractivity contribution >= 4 is 0 Å². The number of aromatic nitrogens is 2. The van der Waals surface area contributed by atoms with Crippen LogP contribution >= 0.6 is 0 Å². The summed E-state index contributed by atoms with van der Waals surface area (Å²) in [5.74, 6) is 5.67. The van der Waals surface area contributed by atoms with E-state index in [4.69, 9.17) is 5.84 Å². The van der Waals surface area contributed by atoms with Gasteiger partial charge in [0.1, 0.15) is 0 Å². The van der Waals surface area contributed by atoms with Crippen LogP contribution in [-0.4, -0.2) is 9.97 Å². The number of hydrazine groups is 1. The predicted molar refractivity (Wildman–Crippen MR) is 71.6 cm³/mol. The maximum absolute atomic E-state index is 5.67. The summed E-state index contributed by atoms with van der Waals surface area (Å²) < 4.78 is 0. The summed E-state index contributed by atoms with van der Waals surface area (Å²) in [7, 11) is 0. The molecule has 0 radical (unpaired) electrons. The Morgan fingerprint density at radius 2 is 2.00 bits per heavy atom. The van der Waals surface area contributed by atoms with Gasteiger partial charge in [-0.2, -0.15) is 0 Å². The summed E-state index contributed by atoms with van der Waals surface area (Å²) in [6.07, 6.45) is 7.16. The molecule has 2 rings (SSSR count). The third-order valence-corrected chi connectivity index (χ3v) is 3.03. The summed E-state index contributed by atoms with van der Waals surface area (Å²) in [5, 5.41) is 0. The van der Waals surface area contributed by atoms with Gasteiger partial charge in [-0.3, -0.25) is 21.2 Å². The molecule has 2 aromatic rings. The molecular formula is C14H18N4. The SMILES string of the molecule is CCc1cccnc1C(Cc1ccncc1)NN. The molecule has 0 amide bonds. The maximum Gasteiger partial charge on any atom is 0.0675 e. The van der Waals surface area contributed by atoms with Gasteiger partial charge in [-0.25, -0.2) is 0 Å². The van der Waals surface area contributed by atoms with Crippen molar-refractivity contribution in [2.45, 2.75) is 25.8 Å². The molecular weight excluding hydrogens is 224 g/mol. The summed E-state index contributed by atoms with van der Waals surface area (Å²) >= 11 is 0. The van der Waals surface area contributed by atoms with Crippen LogP contribution in [0.25, 0.3) is 0 Å². The van der Waals surface area contributed by atoms with Gasteiger partial charge < -0.3 is 0 Å². The monoisotopic (exact) mass is 242 g/mol. The second-order valence-electron chi connectivity index (χ2n) is 4.18. The molecule has 2 heterocycles. The first kappa shape index (κ1) is 12.7. The third-order valence-electron chi connectivity index (χ3n) is 3.03. The molecule has 4 nitrogen and oxygen atoms in total. The van der Waals surface area contributed by atoms with Crippen LogP contribution in [0.3, 0.4) is 0 Å². The summed E-state index contributed by atoms with van der Waals surface area (Å²) in [4.78, 5) is 8.48. The quantitative estimate of drug-likeness (QED) is 0.619. The van der Waals surface area contributed by atoms with Gasteiger partial charge in [-0.05, 0) is 42.2 Å². The molecule has 1 unspecified atom stereocenters. The predicted octanol–water partition coefficient (Wildman–Crippen LogP) is 1.79. The topological polar surface area (TPSA) is 63.8 Å². The van der Waals surface area contributed by atoms with Crippen molar-refractivity contribution in [2.75, 3.05) is 0 Å². The van der Waals surface area contributed by atoms with Gasteiger partial charge in [0, 0.05) is 18.6 Å². The molecule has 18 heavy (non-hydrogen) atoms. The van der Waals surface area contributed by atoms with E-state index < -0.39 is 0 Å². The molecule has 0 saturated carbocycles. The van der Waals surface area contributed by atoms with Crippen LogP contribution < -0.4 is 11.3 Å². The van der Waals surface area contributed by atoms with Crippen LogP contribution in [0.5, 0.6) is 0 Å². The number of nitrogens with one attached hydrogen (secondary N) is 1. The summed E-state index contributed by atoms with van der Waals surface area (Å²) in [5.41, 5.74) is 6.31. The van der Waals surface area contributed by atoms with Crippen LogP contribution in [0.15, 0.2) is 42.9 Å². The largest absolute Gasteiger partial charge is 0.271 e. The standard InChI is InChI=1S/C14H18N4/c1-2-12-4-3-7-17-14(12)13(18-15)10-11-5-8-16-9-6-11/h3-9,13,18H,2,10,15H2,1H3. The van der Waals surface area contributed by atoms with E-state index in [0.29, 0.717) is 0 Å². The molecule has 1 atom stereocenters. The van der Waals surface area contributed by atoms with Crippen LogP contribution in [0, 0.1) is 0 Å². The minimum absolute atomic E-state index is 0.0311. The summed E-state index contributed by atoms with van der Waals surface area (Å²) in [6, 6.07) is 8.09. The zero-order chi connectivity index (χ0) is 12.8. The number of aryl methyl sites for hydroxylation is 1. The second-order valence-corrected chi connectivity index (χ2v) is 4.18. The van der Waals surface area contributed by atoms with Crippen molar-refractivity contribution in [3.8, 4) is 0 Å². The van der Waals surface area contributed by atoms with Crippen molar-refractivity contribution in [3.05, 3.63) is 59.7 Å². The first-order chi connectivity index (χ1) is 8.85. The molecule has 0 aliphatic rings. The zero-order valence-electron chi connectivity index (χ0n) is 10.5. The Hall–Kier alpha value is -1.78. The third kappa shape index (κ3) is 2.91. The first-order valence-corrected chi connectivity index (χ1v) is 6.14. The van der Waals surface area contributed by atoms with Gasteiger partial charge >= 0.3 is 0 Å². The van der Waals surface area contributed by atoms with Crippen molar-refractivity contribution in [1.82, 2.24) is 15.4 Å². The highest BCUT2D eigenvalue weighted by molar-refractivity contribution is 5.25. The van der Waals surface area contributed by atoms with Gasteiger partial charge in [-0.1, -0.05) is 13.0 Å². The fourth-order valence-electron chi connectivity index (χ4n) is 2.05. The molecule has 2 aromatic heterocycles. The molecule has 94 valence electrons. The number of nitrogens with zero attached hydrogens (tertiary/aromatic N) is 2. The Morgan fingerprint density at radius 3 is 2.67 bits per heavy atom. The van der Waals surface area contributed by atoms with Gasteiger partial charge in [0.05, 0.1) is 11.7 Å². The van der Waals surface area contributed by atoms with Crippen molar-refractivity contribution < 1.29 is 0 Å². The van der Waals surface area contributed by atoms with Crippen LogP contribution in [0.1, 0.15) is 29.8 Å². The molecule has 0 bridgehead atoms. The lowest BCUT2D eigenvalue weighted by molar-refractivity contribution is 0.533. The smallest absolute Gasteiger partial charge is 0.0675 e. The molecule has 0 aliphatic heterocycles. The maximum atomic E-state index is 5.67. The van der Waals surface area contributed by atoms with Crippen LogP contribution in [0.4, 0.5) is 0 Å². The van der Waals surface area contributed by atoms with Gasteiger partial charge in [0.15, 0.2) is 0 Å². The van der Waals surface area contributed by atoms with E-state index in [9.17, 15) is 0 Å². The van der Waals surface area contributed by atoms with E-state index in [0.717, 1.165) is 18.5 Å². The molecule has 0 fully saturated rings. The highest BCUT2D eigenvalue weighted by Crippen LogP contribution is 2.19. The van der Waals surface area contributed by atoms with Crippen molar-refractivity contribution in [3.63, 3.8) is 0 Å². The lowest BCUT2D eigenvalue weighted by Gasteiger charge is -2.18. The Labute approximate surface area is 107 Å². The fourth-order valence-corrected chi connectivity index (χ4v) is 2.05. The molecule has 0 spiro atoms. The number of hydrogen-bond acceptors (Lipinski definition) is 4. The average Bonchev–Trinajstić information content (AvgIpc) is 2.46. The molecule has 4 heteroatoms. The van der Waals surface area contributed by atoms with E-state index in [-0.39, 0.29) is 6.04 Å². The number of hydrogen-bond donors (Lipinski definition) is 2. The van der Waals surface area contributed by atoms with E-state index in [1.54, 1.807) is 12.4 Å². The van der Waals surface area contributed by atoms with Crippen LogP contribution in [-0.2, 0) is 12.8 Å². The minimum Gasteiger partial charge on any atom is -0.271 e. The molecule has 0 aromatic carbocycles. The zero-order valence-corrected chi connectivity index (χ0v) is 10.5. The fraction of sp³-hybridized carbons (Fsp3) is 0.286.